The van der Waals surface area contributed by atoms with E-state index in [9.17, 15) is 19.2 Å². The molecule has 1 atom stereocenters. The number of anilines is 1. The summed E-state index contributed by atoms with van der Waals surface area (Å²) in [6, 6.07) is 10.8. The van der Waals surface area contributed by atoms with Gasteiger partial charge in [0.25, 0.3) is 11.8 Å². The zero-order valence-corrected chi connectivity index (χ0v) is 27.6. The lowest BCUT2D eigenvalue weighted by atomic mass is 9.80. The number of morpholine rings is 1. The molecule has 4 fully saturated rings. The number of hydrogen-bond donors (Lipinski definition) is 2. The summed E-state index contributed by atoms with van der Waals surface area (Å²) in [5.74, 6) is -1.11. The molecule has 256 valence electrons. The van der Waals surface area contributed by atoms with Crippen molar-refractivity contribution in [1.29, 1.82) is 0 Å². The number of ether oxygens (including phenoxy) is 1. The highest BCUT2D eigenvalue weighted by molar-refractivity contribution is 6.23. The molecule has 2 aliphatic carbocycles. The topological polar surface area (TPSA) is 152 Å². The molecule has 13 heteroatoms. The van der Waals surface area contributed by atoms with E-state index in [1.165, 1.54) is 5.56 Å². The molecule has 4 aromatic rings. The largest absolute Gasteiger partial charge is 0.385 e. The van der Waals surface area contributed by atoms with Crippen LogP contribution in [0.25, 0.3) is 22.3 Å². The van der Waals surface area contributed by atoms with E-state index in [-0.39, 0.29) is 24.0 Å². The summed E-state index contributed by atoms with van der Waals surface area (Å²) in [5, 5.41) is 10.8. The SMILES string of the molecule is O=C1CCC(N2C(=O)c3ccc(NC[C@H]4C[C@H](n5cc(-c6cnc7ccc(CN8CCOCC8)cc7n6)c(C6CC6)n5)C4)cc3C2=O)C(=O)N1. The normalized spacial score (nSPS) is 24.0. The number of amides is 4. The minimum atomic E-state index is -0.974. The number of nitrogens with one attached hydrogen (secondary N) is 2. The van der Waals surface area contributed by atoms with Crippen molar-refractivity contribution in [3.63, 3.8) is 0 Å². The number of fused-ring (bicyclic) bond motifs is 2. The number of benzene rings is 2. The molecule has 2 saturated carbocycles. The van der Waals surface area contributed by atoms with E-state index in [1.54, 1.807) is 18.2 Å². The summed E-state index contributed by atoms with van der Waals surface area (Å²) in [5.41, 5.74) is 7.38. The Labute approximate surface area is 288 Å². The average Bonchev–Trinajstić information content (AvgIpc) is 3.81. The summed E-state index contributed by atoms with van der Waals surface area (Å²) in [6.45, 7) is 5.03. The van der Waals surface area contributed by atoms with Crippen molar-refractivity contribution in [2.45, 2.75) is 63.1 Å². The van der Waals surface area contributed by atoms with Crippen LogP contribution in [-0.2, 0) is 20.9 Å². The first-order valence-corrected chi connectivity index (χ1v) is 17.6. The smallest absolute Gasteiger partial charge is 0.262 e. The lowest BCUT2D eigenvalue weighted by Crippen LogP contribution is -2.54. The van der Waals surface area contributed by atoms with Gasteiger partial charge in [-0.1, -0.05) is 6.07 Å². The Hall–Kier alpha value is -5.01. The summed E-state index contributed by atoms with van der Waals surface area (Å²) in [6.07, 6.45) is 8.50. The number of nitrogens with zero attached hydrogens (tertiary/aromatic N) is 6. The van der Waals surface area contributed by atoms with Gasteiger partial charge in [0.05, 0.1) is 59.0 Å². The predicted octanol–water partition coefficient (Wildman–Crippen LogP) is 3.67. The van der Waals surface area contributed by atoms with Gasteiger partial charge in [0, 0.05) is 56.0 Å². The molecule has 5 heterocycles. The first-order valence-electron chi connectivity index (χ1n) is 17.6. The van der Waals surface area contributed by atoms with E-state index in [4.69, 9.17) is 19.8 Å². The Morgan fingerprint density at radius 1 is 0.900 bits per heavy atom. The van der Waals surface area contributed by atoms with Crippen LogP contribution in [0.5, 0.6) is 0 Å². The minimum absolute atomic E-state index is 0.0924. The van der Waals surface area contributed by atoms with Gasteiger partial charge in [0.2, 0.25) is 11.8 Å². The lowest BCUT2D eigenvalue weighted by molar-refractivity contribution is -0.136. The second-order valence-corrected chi connectivity index (χ2v) is 14.2. The molecule has 13 nitrogen and oxygen atoms in total. The Balaban J connectivity index is 0.852. The third kappa shape index (κ3) is 5.73. The maximum Gasteiger partial charge on any atom is 0.262 e. The van der Waals surface area contributed by atoms with Crippen LogP contribution in [0.1, 0.15) is 82.5 Å². The molecular weight excluding hydrogens is 636 g/mol. The van der Waals surface area contributed by atoms with Crippen LogP contribution in [0, 0.1) is 5.92 Å². The molecule has 2 aromatic heterocycles. The quantitative estimate of drug-likeness (QED) is 0.252. The fourth-order valence-corrected chi connectivity index (χ4v) is 7.68. The highest BCUT2D eigenvalue weighted by atomic mass is 16.5. The highest BCUT2D eigenvalue weighted by Crippen LogP contribution is 2.45. The molecule has 9 rings (SSSR count). The van der Waals surface area contributed by atoms with Crippen LogP contribution >= 0.6 is 0 Å². The number of piperidine rings is 1. The Kier molecular flexibility index (Phi) is 7.69. The van der Waals surface area contributed by atoms with Gasteiger partial charge in [-0.15, -0.1) is 0 Å². The Morgan fingerprint density at radius 3 is 2.52 bits per heavy atom. The maximum absolute atomic E-state index is 13.2. The molecule has 2 N–H and O–H groups in total. The number of carbonyl (C=O) groups is 4. The summed E-state index contributed by atoms with van der Waals surface area (Å²) in [7, 11) is 0. The van der Waals surface area contributed by atoms with Crippen LogP contribution in [0.2, 0.25) is 0 Å². The van der Waals surface area contributed by atoms with Gasteiger partial charge in [0.1, 0.15) is 6.04 Å². The van der Waals surface area contributed by atoms with Crippen LogP contribution < -0.4 is 10.6 Å². The standard InChI is InChI=1S/C37H38N8O5/c46-33-8-7-32(35(47)41-33)45-36(48)26-5-4-24(16-27(26)37(45)49)38-17-22-13-25(14-22)44-20-28(34(42-44)23-2-3-23)31-18-39-29-6-1-21(15-30(29)40-31)19-43-9-11-50-12-10-43/h1,4-6,15-16,18,20,22-23,25,32,38H,2-3,7-14,17,19H2,(H,41,46,47)/t22-,25-,32?. The summed E-state index contributed by atoms with van der Waals surface area (Å²) in [4.78, 5) is 63.5. The van der Waals surface area contributed by atoms with E-state index in [1.807, 2.05) is 6.20 Å². The van der Waals surface area contributed by atoms with Gasteiger partial charge >= 0.3 is 0 Å². The molecule has 4 amide bonds. The van der Waals surface area contributed by atoms with Crippen molar-refractivity contribution in [3.05, 3.63) is 71.2 Å². The first kappa shape index (κ1) is 31.0. The van der Waals surface area contributed by atoms with Gasteiger partial charge in [0.15, 0.2) is 0 Å². The average molecular weight is 675 g/mol. The van der Waals surface area contributed by atoms with Crippen LogP contribution in [0.15, 0.2) is 48.8 Å². The van der Waals surface area contributed by atoms with Gasteiger partial charge < -0.3 is 10.1 Å². The second kappa shape index (κ2) is 12.4. The molecule has 2 saturated heterocycles. The molecule has 2 aromatic carbocycles. The lowest BCUT2D eigenvalue weighted by Gasteiger charge is -2.35. The first-order chi connectivity index (χ1) is 24.4. The number of aromatic nitrogens is 4. The van der Waals surface area contributed by atoms with Gasteiger partial charge in [-0.3, -0.25) is 44.0 Å². The number of carbonyl (C=O) groups excluding carboxylic acids is 4. The van der Waals surface area contributed by atoms with Crippen LogP contribution in [0.3, 0.4) is 0 Å². The monoisotopic (exact) mass is 674 g/mol. The van der Waals surface area contributed by atoms with E-state index in [0.29, 0.717) is 17.9 Å². The van der Waals surface area contributed by atoms with Crippen molar-refractivity contribution in [1.82, 2.24) is 34.9 Å². The second-order valence-electron chi connectivity index (χ2n) is 14.2. The van der Waals surface area contributed by atoms with Crippen molar-refractivity contribution in [2.75, 3.05) is 38.2 Å². The number of rotatable bonds is 9. The molecule has 0 radical (unpaired) electrons. The van der Waals surface area contributed by atoms with Crippen molar-refractivity contribution in [3.8, 4) is 11.3 Å². The zero-order chi connectivity index (χ0) is 33.9. The molecule has 3 aliphatic heterocycles. The van der Waals surface area contributed by atoms with E-state index < -0.39 is 29.7 Å². The minimum Gasteiger partial charge on any atom is -0.385 e. The molecule has 5 aliphatic rings. The van der Waals surface area contributed by atoms with E-state index in [0.717, 1.165) is 104 Å². The van der Waals surface area contributed by atoms with E-state index in [2.05, 4.69) is 44.6 Å². The Bertz CT molecular complexity index is 2040. The molecule has 0 bridgehead atoms. The molecular formula is C37H38N8O5. The van der Waals surface area contributed by atoms with Gasteiger partial charge in [-0.05, 0) is 73.9 Å². The Morgan fingerprint density at radius 2 is 1.72 bits per heavy atom. The highest BCUT2D eigenvalue weighted by Gasteiger charge is 2.44. The van der Waals surface area contributed by atoms with Gasteiger partial charge in [-0.2, -0.15) is 5.10 Å². The zero-order valence-electron chi connectivity index (χ0n) is 27.6. The van der Waals surface area contributed by atoms with Gasteiger partial charge in [-0.25, -0.2) is 4.98 Å². The molecule has 0 spiro atoms. The summed E-state index contributed by atoms with van der Waals surface area (Å²) < 4.78 is 7.63. The summed E-state index contributed by atoms with van der Waals surface area (Å²) >= 11 is 0. The third-order valence-corrected chi connectivity index (χ3v) is 10.7. The third-order valence-electron chi connectivity index (χ3n) is 10.7. The molecule has 50 heavy (non-hydrogen) atoms. The van der Waals surface area contributed by atoms with Crippen molar-refractivity contribution in [2.24, 2.45) is 5.92 Å². The van der Waals surface area contributed by atoms with Crippen molar-refractivity contribution >= 4 is 40.3 Å². The van der Waals surface area contributed by atoms with E-state index >= 15 is 0 Å². The van der Waals surface area contributed by atoms with Crippen molar-refractivity contribution < 1.29 is 23.9 Å². The predicted molar refractivity (Wildman–Crippen MR) is 182 cm³/mol. The number of hydrogen-bond acceptors (Lipinski definition) is 10. The number of imide groups is 2. The van der Waals surface area contributed by atoms with Crippen LogP contribution in [-0.4, -0.2) is 92.1 Å². The molecule has 1 unspecified atom stereocenters. The fourth-order valence-electron chi connectivity index (χ4n) is 7.68. The fraction of sp³-hybridized carbons (Fsp3) is 0.432. The maximum atomic E-state index is 13.2. The van der Waals surface area contributed by atoms with Crippen LogP contribution in [0.4, 0.5) is 5.69 Å².